The predicted octanol–water partition coefficient (Wildman–Crippen LogP) is 7.46. The summed E-state index contributed by atoms with van der Waals surface area (Å²) < 4.78 is 34.4. The number of alkyl halides is 2. The maximum absolute atomic E-state index is 14.7. The van der Waals surface area contributed by atoms with Gasteiger partial charge >= 0.3 is 6.11 Å². The average molecular weight is 398 g/mol. The van der Waals surface area contributed by atoms with E-state index in [0.29, 0.717) is 17.0 Å². The highest BCUT2D eigenvalue weighted by atomic mass is 19.3. The molecule has 0 amide bonds. The van der Waals surface area contributed by atoms with Crippen LogP contribution in [0.5, 0.6) is 0 Å². The Morgan fingerprint density at radius 1 is 1.03 bits per heavy atom. The number of hydrogen-bond donors (Lipinski definition) is 0. The first kappa shape index (κ1) is 21.5. The molecule has 2 aromatic carbocycles. The van der Waals surface area contributed by atoms with Crippen LogP contribution >= 0.6 is 0 Å². The SMILES string of the molecule is CCCC1CCC(c2ccc(C(F)(F)OC(C)c3ccc(C#N)cc3)cc2)CC1. The van der Waals surface area contributed by atoms with Gasteiger partial charge in [-0.3, -0.25) is 0 Å². The van der Waals surface area contributed by atoms with Gasteiger partial charge in [0.1, 0.15) is 0 Å². The van der Waals surface area contributed by atoms with E-state index in [9.17, 15) is 8.78 Å². The second-order valence-electron chi connectivity index (χ2n) is 8.14. The summed E-state index contributed by atoms with van der Waals surface area (Å²) in [7, 11) is 0. The molecule has 1 aliphatic rings. The summed E-state index contributed by atoms with van der Waals surface area (Å²) in [5.41, 5.74) is 2.14. The Morgan fingerprint density at radius 2 is 1.66 bits per heavy atom. The van der Waals surface area contributed by atoms with Crippen LogP contribution in [-0.4, -0.2) is 0 Å². The van der Waals surface area contributed by atoms with Gasteiger partial charge in [0.25, 0.3) is 0 Å². The number of nitrogens with zero attached hydrogens (tertiary/aromatic N) is 1. The van der Waals surface area contributed by atoms with E-state index in [0.717, 1.165) is 24.3 Å². The van der Waals surface area contributed by atoms with Crippen LogP contribution in [0.1, 0.15) is 86.6 Å². The smallest absolute Gasteiger partial charge is 0.309 e. The van der Waals surface area contributed by atoms with Gasteiger partial charge in [-0.1, -0.05) is 56.2 Å². The van der Waals surface area contributed by atoms with Crippen LogP contribution in [0.15, 0.2) is 48.5 Å². The zero-order valence-electron chi connectivity index (χ0n) is 17.2. The maximum Gasteiger partial charge on any atom is 0.383 e. The number of halogens is 2. The summed E-state index contributed by atoms with van der Waals surface area (Å²) >= 11 is 0. The normalized spacial score (nSPS) is 20.8. The summed E-state index contributed by atoms with van der Waals surface area (Å²) in [6.45, 7) is 3.83. The number of rotatable bonds is 7. The number of hydrogen-bond acceptors (Lipinski definition) is 2. The van der Waals surface area contributed by atoms with E-state index >= 15 is 0 Å². The molecule has 1 atom stereocenters. The van der Waals surface area contributed by atoms with E-state index in [4.69, 9.17) is 10.00 Å². The molecule has 0 radical (unpaired) electrons. The van der Waals surface area contributed by atoms with Crippen molar-refractivity contribution in [2.24, 2.45) is 5.92 Å². The molecule has 2 aromatic rings. The van der Waals surface area contributed by atoms with E-state index in [1.165, 1.54) is 37.8 Å². The molecular formula is C25H29F2NO. The number of nitriles is 1. The van der Waals surface area contributed by atoms with Crippen LogP contribution in [0.2, 0.25) is 0 Å². The lowest BCUT2D eigenvalue weighted by Gasteiger charge is -2.29. The average Bonchev–Trinajstić information content (AvgIpc) is 2.74. The van der Waals surface area contributed by atoms with E-state index in [-0.39, 0.29) is 5.56 Å². The molecule has 1 saturated carbocycles. The molecule has 3 rings (SSSR count). The van der Waals surface area contributed by atoms with Crippen molar-refractivity contribution < 1.29 is 13.5 Å². The third-order valence-electron chi connectivity index (χ3n) is 6.10. The van der Waals surface area contributed by atoms with Crippen molar-refractivity contribution in [2.75, 3.05) is 0 Å². The van der Waals surface area contributed by atoms with Gasteiger partial charge in [0, 0.05) is 0 Å². The predicted molar refractivity (Wildman–Crippen MR) is 111 cm³/mol. The summed E-state index contributed by atoms with van der Waals surface area (Å²) in [6, 6.07) is 15.2. The summed E-state index contributed by atoms with van der Waals surface area (Å²) in [5, 5.41) is 8.85. The molecule has 0 heterocycles. The standard InChI is InChI=1S/C25H29F2NO/c1-3-4-19-5-11-22(12-6-19)23-13-15-24(16-14-23)25(26,27)29-18(2)21-9-7-20(17-28)8-10-21/h7-10,13-16,18-19,22H,3-6,11-12H2,1-2H3. The topological polar surface area (TPSA) is 33.0 Å². The highest BCUT2D eigenvalue weighted by Gasteiger charge is 2.35. The molecule has 4 heteroatoms. The Morgan fingerprint density at radius 3 is 2.21 bits per heavy atom. The van der Waals surface area contributed by atoms with Gasteiger partial charge in [-0.15, -0.1) is 0 Å². The van der Waals surface area contributed by atoms with Crippen molar-refractivity contribution >= 4 is 0 Å². The van der Waals surface area contributed by atoms with Crippen LogP contribution in [0.3, 0.4) is 0 Å². The highest BCUT2D eigenvalue weighted by Crippen LogP contribution is 2.39. The minimum atomic E-state index is -3.37. The van der Waals surface area contributed by atoms with Crippen LogP contribution in [0.25, 0.3) is 0 Å². The van der Waals surface area contributed by atoms with Crippen molar-refractivity contribution in [1.29, 1.82) is 5.26 Å². The Bertz CT molecular complexity index is 815. The number of benzene rings is 2. The van der Waals surface area contributed by atoms with Crippen LogP contribution in [0, 0.1) is 17.2 Å². The largest absolute Gasteiger partial charge is 0.383 e. The van der Waals surface area contributed by atoms with Crippen molar-refractivity contribution in [3.05, 3.63) is 70.8 Å². The van der Waals surface area contributed by atoms with Gasteiger partial charge < -0.3 is 4.74 Å². The molecule has 154 valence electrons. The van der Waals surface area contributed by atoms with E-state index in [1.807, 2.05) is 18.2 Å². The molecule has 0 spiro atoms. The lowest BCUT2D eigenvalue weighted by molar-refractivity contribution is -0.272. The third kappa shape index (κ3) is 5.42. The third-order valence-corrected chi connectivity index (χ3v) is 6.10. The van der Waals surface area contributed by atoms with E-state index in [1.54, 1.807) is 31.2 Å². The van der Waals surface area contributed by atoms with Crippen molar-refractivity contribution in [1.82, 2.24) is 0 Å². The van der Waals surface area contributed by atoms with Gasteiger partial charge in [0.2, 0.25) is 0 Å². The second kappa shape index (κ2) is 9.50. The Kier molecular flexibility index (Phi) is 7.03. The molecule has 1 unspecified atom stereocenters. The molecule has 1 fully saturated rings. The van der Waals surface area contributed by atoms with E-state index < -0.39 is 12.2 Å². The molecule has 0 N–H and O–H groups in total. The van der Waals surface area contributed by atoms with Gasteiger partial charge in [0.15, 0.2) is 0 Å². The van der Waals surface area contributed by atoms with Crippen molar-refractivity contribution in [3.8, 4) is 6.07 Å². The van der Waals surface area contributed by atoms with Gasteiger partial charge in [0.05, 0.1) is 23.3 Å². The molecule has 0 aromatic heterocycles. The minimum absolute atomic E-state index is 0.124. The first-order valence-corrected chi connectivity index (χ1v) is 10.6. The molecule has 1 aliphatic carbocycles. The summed E-state index contributed by atoms with van der Waals surface area (Å²) in [5.74, 6) is 1.31. The minimum Gasteiger partial charge on any atom is -0.309 e. The van der Waals surface area contributed by atoms with Crippen molar-refractivity contribution in [3.63, 3.8) is 0 Å². The van der Waals surface area contributed by atoms with Crippen LogP contribution in [-0.2, 0) is 10.8 Å². The zero-order chi connectivity index (χ0) is 20.9. The lowest BCUT2D eigenvalue weighted by atomic mass is 9.77. The van der Waals surface area contributed by atoms with E-state index in [2.05, 4.69) is 6.92 Å². The molecule has 0 saturated heterocycles. The second-order valence-corrected chi connectivity index (χ2v) is 8.14. The highest BCUT2D eigenvalue weighted by molar-refractivity contribution is 5.32. The quantitative estimate of drug-likeness (QED) is 0.486. The van der Waals surface area contributed by atoms with Gasteiger partial charge in [-0.05, 0) is 67.7 Å². The van der Waals surface area contributed by atoms with Crippen LogP contribution in [0.4, 0.5) is 8.78 Å². The molecule has 0 aliphatic heterocycles. The fraction of sp³-hybridized carbons (Fsp3) is 0.480. The monoisotopic (exact) mass is 397 g/mol. The summed E-state index contributed by atoms with van der Waals surface area (Å²) in [4.78, 5) is 0. The molecule has 29 heavy (non-hydrogen) atoms. The molecular weight excluding hydrogens is 368 g/mol. The first-order chi connectivity index (χ1) is 13.9. The fourth-order valence-electron chi connectivity index (χ4n) is 4.33. The molecule has 0 bridgehead atoms. The number of ether oxygens (including phenoxy) is 1. The van der Waals surface area contributed by atoms with Crippen molar-refractivity contribution in [2.45, 2.75) is 70.5 Å². The zero-order valence-corrected chi connectivity index (χ0v) is 17.2. The Labute approximate surface area is 172 Å². The molecule has 2 nitrogen and oxygen atoms in total. The van der Waals surface area contributed by atoms with Gasteiger partial charge in [-0.2, -0.15) is 14.0 Å². The Hall–Kier alpha value is -2.25. The summed E-state index contributed by atoms with van der Waals surface area (Å²) in [6.07, 6.45) is 3.14. The lowest BCUT2D eigenvalue weighted by Crippen LogP contribution is -2.20. The maximum atomic E-state index is 14.7. The van der Waals surface area contributed by atoms with Gasteiger partial charge in [-0.25, -0.2) is 0 Å². The Balaban J connectivity index is 1.62. The fourth-order valence-corrected chi connectivity index (χ4v) is 4.33. The first-order valence-electron chi connectivity index (χ1n) is 10.6. The van der Waals surface area contributed by atoms with Crippen LogP contribution < -0.4 is 0 Å².